The van der Waals surface area contributed by atoms with E-state index in [2.05, 4.69) is 10.6 Å². The molecule has 2 heterocycles. The fourth-order valence-electron chi connectivity index (χ4n) is 4.96. The van der Waals surface area contributed by atoms with Crippen molar-refractivity contribution in [2.75, 3.05) is 6.54 Å². The number of halogens is 3. The van der Waals surface area contributed by atoms with Crippen LogP contribution in [0.25, 0.3) is 10.9 Å². The van der Waals surface area contributed by atoms with Crippen molar-refractivity contribution < 1.29 is 28.3 Å². The second kappa shape index (κ2) is 10.9. The van der Waals surface area contributed by atoms with E-state index in [9.17, 15) is 28.3 Å². The summed E-state index contributed by atoms with van der Waals surface area (Å²) in [4.78, 5) is 40.0. The Bertz CT molecular complexity index is 1440. The molecule has 2 fully saturated rings. The molecule has 5 rings (SSSR count). The molecule has 206 valence electrons. The number of carbonyl (C=O) groups excluding carboxylic acids is 3. The van der Waals surface area contributed by atoms with Crippen LogP contribution in [0.3, 0.4) is 0 Å². The highest BCUT2D eigenvalue weighted by Gasteiger charge is 2.40. The first kappa shape index (κ1) is 27.1. The second-order valence-electron chi connectivity index (χ2n) is 10.2. The Hall–Kier alpha value is -3.50. The summed E-state index contributed by atoms with van der Waals surface area (Å²) in [5.74, 6) is -1.91. The van der Waals surface area contributed by atoms with Gasteiger partial charge in [-0.25, -0.2) is 8.78 Å². The highest BCUT2D eigenvalue weighted by atomic mass is 35.5. The molecule has 3 aromatic rings. The van der Waals surface area contributed by atoms with E-state index in [1.807, 2.05) is 0 Å². The molecule has 3 amide bonds. The van der Waals surface area contributed by atoms with Gasteiger partial charge in [-0.3, -0.25) is 14.4 Å². The number of benzene rings is 2. The minimum Gasteiger partial charge on any atom is -0.389 e. The number of amides is 3. The van der Waals surface area contributed by atoms with Gasteiger partial charge in [0.15, 0.2) is 0 Å². The number of alkyl halides is 1. The summed E-state index contributed by atoms with van der Waals surface area (Å²) in [5, 5.41) is 16.4. The molecule has 8 nitrogen and oxygen atoms in total. The number of likely N-dealkylation sites (tertiary alicyclic amines) is 1. The third-order valence-corrected chi connectivity index (χ3v) is 7.49. The van der Waals surface area contributed by atoms with Crippen molar-refractivity contribution in [1.29, 1.82) is 0 Å². The lowest BCUT2D eigenvalue weighted by Crippen LogP contribution is -2.46. The Kier molecular flexibility index (Phi) is 7.59. The van der Waals surface area contributed by atoms with E-state index in [0.29, 0.717) is 22.0 Å². The first-order chi connectivity index (χ1) is 18.6. The molecular formula is C28H29ClF2N4O4. The van der Waals surface area contributed by atoms with Gasteiger partial charge in [-0.1, -0.05) is 23.7 Å². The van der Waals surface area contributed by atoms with Gasteiger partial charge in [0, 0.05) is 52.8 Å². The van der Waals surface area contributed by atoms with Gasteiger partial charge in [0.25, 0.3) is 5.91 Å². The molecule has 1 saturated heterocycles. The normalized spacial score (nSPS) is 19.8. The first-order valence-electron chi connectivity index (χ1n) is 12.9. The molecular weight excluding hydrogens is 530 g/mol. The van der Waals surface area contributed by atoms with E-state index in [1.165, 1.54) is 17.0 Å². The van der Waals surface area contributed by atoms with Crippen molar-refractivity contribution in [3.8, 4) is 0 Å². The first-order valence-corrected chi connectivity index (χ1v) is 13.3. The molecule has 0 bridgehead atoms. The van der Waals surface area contributed by atoms with Crippen molar-refractivity contribution in [3.63, 3.8) is 0 Å². The Morgan fingerprint density at radius 3 is 2.69 bits per heavy atom. The highest BCUT2D eigenvalue weighted by Crippen LogP contribution is 2.29. The Morgan fingerprint density at radius 1 is 1.21 bits per heavy atom. The van der Waals surface area contributed by atoms with Crippen molar-refractivity contribution in [2.45, 2.75) is 63.6 Å². The van der Waals surface area contributed by atoms with Crippen LogP contribution in [0.1, 0.15) is 53.8 Å². The van der Waals surface area contributed by atoms with E-state index in [4.69, 9.17) is 11.6 Å². The number of aliphatic hydroxyl groups excluding tert-OH is 1. The van der Waals surface area contributed by atoms with Gasteiger partial charge < -0.3 is 25.2 Å². The quantitative estimate of drug-likeness (QED) is 0.393. The Labute approximate surface area is 228 Å². The Morgan fingerprint density at radius 2 is 1.97 bits per heavy atom. The number of aliphatic hydroxyl groups is 1. The summed E-state index contributed by atoms with van der Waals surface area (Å²) in [5.41, 5.74) is 1.79. The van der Waals surface area contributed by atoms with Crippen LogP contribution in [0.15, 0.2) is 42.6 Å². The lowest BCUT2D eigenvalue weighted by atomic mass is 10.1. The number of carbonyl (C=O) groups is 3. The molecule has 11 heteroatoms. The second-order valence-corrected chi connectivity index (χ2v) is 10.6. The number of hydrogen-bond donors (Lipinski definition) is 3. The lowest BCUT2D eigenvalue weighted by Gasteiger charge is -2.24. The fraction of sp³-hybridized carbons (Fsp3) is 0.393. The van der Waals surface area contributed by atoms with Crippen LogP contribution in [0, 0.1) is 5.82 Å². The van der Waals surface area contributed by atoms with Gasteiger partial charge in [0.2, 0.25) is 11.8 Å². The standard InChI is InChI=1S/C28H29ClF2N4O4/c1-15(36)21-13-34(23-8-5-16(9-20(21)23)27(38)33-19-6-7-19)14-25(37)35-12-18(30)10-24(35)28(39)32-11-17-3-2-4-22(29)26(17)31/h2-5,8-9,13,15,18-19,24,36H,6-7,10-12,14H2,1H3,(H,32,39)(H,33,38). The van der Waals surface area contributed by atoms with Crippen molar-refractivity contribution in [3.05, 3.63) is 70.1 Å². The summed E-state index contributed by atoms with van der Waals surface area (Å²) >= 11 is 5.80. The van der Waals surface area contributed by atoms with Gasteiger partial charge in [-0.15, -0.1) is 0 Å². The Balaban J connectivity index is 1.33. The van der Waals surface area contributed by atoms with Crippen LogP contribution in [0.4, 0.5) is 8.78 Å². The summed E-state index contributed by atoms with van der Waals surface area (Å²) in [6, 6.07) is 8.63. The highest BCUT2D eigenvalue weighted by molar-refractivity contribution is 6.30. The predicted molar refractivity (Wildman–Crippen MR) is 141 cm³/mol. The van der Waals surface area contributed by atoms with Crippen LogP contribution < -0.4 is 10.6 Å². The molecule has 2 aliphatic rings. The largest absolute Gasteiger partial charge is 0.389 e. The lowest BCUT2D eigenvalue weighted by molar-refractivity contribution is -0.139. The van der Waals surface area contributed by atoms with Crippen LogP contribution in [-0.2, 0) is 22.7 Å². The molecule has 0 spiro atoms. The minimum atomic E-state index is -1.38. The van der Waals surface area contributed by atoms with Gasteiger partial charge >= 0.3 is 0 Å². The maximum atomic E-state index is 14.4. The molecule has 39 heavy (non-hydrogen) atoms. The SMILES string of the molecule is CC(O)c1cn(CC(=O)N2CC(F)CC2C(=O)NCc2cccc(Cl)c2F)c2ccc(C(=O)NC3CC3)cc12. The number of aromatic nitrogens is 1. The molecule has 3 unspecified atom stereocenters. The van der Waals surface area contributed by atoms with Crippen molar-refractivity contribution in [1.82, 2.24) is 20.1 Å². The molecule has 1 aliphatic carbocycles. The summed E-state index contributed by atoms with van der Waals surface area (Å²) < 4.78 is 30.2. The molecule has 3 N–H and O–H groups in total. The molecule has 3 atom stereocenters. The van der Waals surface area contributed by atoms with E-state index in [0.717, 1.165) is 12.8 Å². The van der Waals surface area contributed by atoms with Gasteiger partial charge in [-0.05, 0) is 44.0 Å². The van der Waals surface area contributed by atoms with Crippen LogP contribution in [0.5, 0.6) is 0 Å². The number of nitrogens with zero attached hydrogens (tertiary/aromatic N) is 2. The number of fused-ring (bicyclic) bond motifs is 1. The molecule has 2 aromatic carbocycles. The van der Waals surface area contributed by atoms with Crippen molar-refractivity contribution >= 4 is 40.2 Å². The summed E-state index contributed by atoms with van der Waals surface area (Å²) in [6.07, 6.45) is 1.14. The van der Waals surface area contributed by atoms with E-state index < -0.39 is 35.9 Å². The number of nitrogens with one attached hydrogen (secondary N) is 2. The number of hydrogen-bond acceptors (Lipinski definition) is 4. The zero-order valence-corrected chi connectivity index (χ0v) is 22.0. The average Bonchev–Trinajstić information content (AvgIpc) is 3.52. The summed E-state index contributed by atoms with van der Waals surface area (Å²) in [7, 11) is 0. The zero-order chi connectivity index (χ0) is 27.8. The predicted octanol–water partition coefficient (Wildman–Crippen LogP) is 3.63. The molecule has 1 saturated carbocycles. The van der Waals surface area contributed by atoms with Gasteiger partial charge in [0.1, 0.15) is 24.6 Å². The smallest absolute Gasteiger partial charge is 0.251 e. The third-order valence-electron chi connectivity index (χ3n) is 7.20. The zero-order valence-electron chi connectivity index (χ0n) is 21.3. The maximum absolute atomic E-state index is 14.4. The van der Waals surface area contributed by atoms with E-state index in [-0.39, 0.29) is 48.6 Å². The molecule has 1 aromatic heterocycles. The fourth-order valence-corrected chi connectivity index (χ4v) is 5.15. The van der Waals surface area contributed by atoms with Crippen LogP contribution in [-0.4, -0.2) is 57.1 Å². The van der Waals surface area contributed by atoms with Crippen LogP contribution >= 0.6 is 11.6 Å². The molecule has 1 aliphatic heterocycles. The monoisotopic (exact) mass is 558 g/mol. The molecule has 0 radical (unpaired) electrons. The van der Waals surface area contributed by atoms with Gasteiger partial charge in [-0.2, -0.15) is 0 Å². The minimum absolute atomic E-state index is 0.0746. The van der Waals surface area contributed by atoms with Crippen LogP contribution in [0.2, 0.25) is 5.02 Å². The third kappa shape index (κ3) is 5.77. The van der Waals surface area contributed by atoms with Gasteiger partial charge in [0.05, 0.1) is 17.7 Å². The topological polar surface area (TPSA) is 104 Å². The van der Waals surface area contributed by atoms with E-state index in [1.54, 1.807) is 42.0 Å². The summed E-state index contributed by atoms with van der Waals surface area (Å²) in [6.45, 7) is 0.999. The average molecular weight is 559 g/mol. The number of rotatable bonds is 8. The van der Waals surface area contributed by atoms with E-state index >= 15 is 0 Å². The van der Waals surface area contributed by atoms with Crippen molar-refractivity contribution in [2.24, 2.45) is 0 Å². The maximum Gasteiger partial charge on any atom is 0.251 e.